The molecule has 0 aliphatic carbocycles. The fraction of sp³-hybridized carbons (Fsp3) is 0.0556. The van der Waals surface area contributed by atoms with E-state index in [4.69, 9.17) is 4.42 Å². The second-order valence-electron chi connectivity index (χ2n) is 5.09. The lowest BCUT2D eigenvalue weighted by atomic mass is 10.0. The second-order valence-corrected chi connectivity index (χ2v) is 6.99. The summed E-state index contributed by atoms with van der Waals surface area (Å²) in [7, 11) is 0. The number of rotatable bonds is 2. The Morgan fingerprint density at radius 1 is 0.909 bits per heavy atom. The third-order valence-electron chi connectivity index (χ3n) is 3.60. The fourth-order valence-corrected chi connectivity index (χ4v) is 4.19. The van der Waals surface area contributed by atoms with E-state index in [0.29, 0.717) is 11.1 Å². The SMILES string of the molecule is Cc1ccc2oc(=O)c(-c3cccs3)c(-c3cccs3)c2c1. The van der Waals surface area contributed by atoms with E-state index in [0.717, 1.165) is 26.3 Å². The largest absolute Gasteiger partial charge is 0.422 e. The normalized spacial score (nSPS) is 11.1. The number of benzene rings is 1. The van der Waals surface area contributed by atoms with Crippen molar-refractivity contribution < 1.29 is 4.42 Å². The van der Waals surface area contributed by atoms with Gasteiger partial charge in [0.2, 0.25) is 0 Å². The van der Waals surface area contributed by atoms with Crippen LogP contribution in [0.5, 0.6) is 0 Å². The van der Waals surface area contributed by atoms with Crippen LogP contribution in [0.2, 0.25) is 0 Å². The van der Waals surface area contributed by atoms with E-state index in [1.165, 1.54) is 0 Å². The van der Waals surface area contributed by atoms with E-state index >= 15 is 0 Å². The van der Waals surface area contributed by atoms with Crippen LogP contribution in [0.25, 0.3) is 31.9 Å². The molecule has 3 aromatic heterocycles. The van der Waals surface area contributed by atoms with Crippen molar-refractivity contribution in [3.63, 3.8) is 0 Å². The van der Waals surface area contributed by atoms with Crippen molar-refractivity contribution in [3.05, 3.63) is 69.2 Å². The van der Waals surface area contributed by atoms with Crippen LogP contribution >= 0.6 is 22.7 Å². The van der Waals surface area contributed by atoms with E-state index in [-0.39, 0.29) is 5.63 Å². The zero-order valence-corrected chi connectivity index (χ0v) is 13.5. The van der Waals surface area contributed by atoms with Crippen molar-refractivity contribution in [3.8, 4) is 20.9 Å². The average Bonchev–Trinajstić information content (AvgIpc) is 3.19. The summed E-state index contributed by atoms with van der Waals surface area (Å²) in [6.45, 7) is 2.05. The van der Waals surface area contributed by atoms with Gasteiger partial charge >= 0.3 is 5.63 Å². The zero-order valence-electron chi connectivity index (χ0n) is 11.8. The summed E-state index contributed by atoms with van der Waals surface area (Å²) in [6, 6.07) is 13.9. The molecule has 0 aliphatic rings. The van der Waals surface area contributed by atoms with Gasteiger partial charge in [0.05, 0.1) is 5.56 Å². The molecule has 0 bridgehead atoms. The maximum Gasteiger partial charge on any atom is 0.345 e. The molecule has 1 aromatic carbocycles. The molecule has 0 unspecified atom stereocenters. The van der Waals surface area contributed by atoms with Crippen LogP contribution in [0, 0.1) is 6.92 Å². The number of hydrogen-bond acceptors (Lipinski definition) is 4. The molecule has 4 aromatic rings. The predicted octanol–water partition coefficient (Wildman–Crippen LogP) is 5.56. The van der Waals surface area contributed by atoms with Crippen LogP contribution in [0.3, 0.4) is 0 Å². The maximum atomic E-state index is 12.6. The Morgan fingerprint density at radius 3 is 2.23 bits per heavy atom. The van der Waals surface area contributed by atoms with Gasteiger partial charge in [-0.25, -0.2) is 4.79 Å². The highest BCUT2D eigenvalue weighted by Crippen LogP contribution is 2.39. The summed E-state index contributed by atoms with van der Waals surface area (Å²) >= 11 is 3.20. The van der Waals surface area contributed by atoms with Crippen LogP contribution in [-0.2, 0) is 0 Å². The fourth-order valence-electron chi connectivity index (χ4n) is 2.64. The van der Waals surface area contributed by atoms with Gasteiger partial charge in [-0.05, 0) is 41.9 Å². The van der Waals surface area contributed by atoms with Crippen molar-refractivity contribution in [2.45, 2.75) is 6.92 Å². The summed E-state index contributed by atoms with van der Waals surface area (Å²) in [6.07, 6.45) is 0. The quantitative estimate of drug-likeness (QED) is 0.452. The van der Waals surface area contributed by atoms with Gasteiger partial charge in [-0.15, -0.1) is 22.7 Å². The maximum absolute atomic E-state index is 12.6. The molecule has 22 heavy (non-hydrogen) atoms. The minimum Gasteiger partial charge on any atom is -0.422 e. The van der Waals surface area contributed by atoms with Crippen LogP contribution in [0.1, 0.15) is 5.56 Å². The molecule has 0 saturated carbocycles. The third-order valence-corrected chi connectivity index (χ3v) is 5.37. The van der Waals surface area contributed by atoms with Gasteiger partial charge < -0.3 is 4.42 Å². The molecule has 2 nitrogen and oxygen atoms in total. The molecule has 0 atom stereocenters. The highest BCUT2D eigenvalue weighted by molar-refractivity contribution is 7.14. The van der Waals surface area contributed by atoms with Crippen molar-refractivity contribution in [1.29, 1.82) is 0 Å². The molecule has 4 heteroatoms. The molecule has 0 fully saturated rings. The van der Waals surface area contributed by atoms with Gasteiger partial charge in [0.15, 0.2) is 0 Å². The summed E-state index contributed by atoms with van der Waals surface area (Å²) < 4.78 is 5.57. The van der Waals surface area contributed by atoms with Gasteiger partial charge in [0.25, 0.3) is 0 Å². The molecule has 3 heterocycles. The zero-order chi connectivity index (χ0) is 15.1. The van der Waals surface area contributed by atoms with Crippen LogP contribution < -0.4 is 5.63 Å². The Labute approximate surface area is 135 Å². The van der Waals surface area contributed by atoms with Gasteiger partial charge in [-0.2, -0.15) is 0 Å². The van der Waals surface area contributed by atoms with E-state index in [2.05, 4.69) is 12.1 Å². The standard InChI is InChI=1S/C18H12O2S2/c1-11-6-7-13-12(10-11)16(14-4-2-8-21-14)17(18(19)20-13)15-5-3-9-22-15/h2-10H,1H3. The first kappa shape index (κ1) is 13.5. The molecule has 0 saturated heterocycles. The van der Waals surface area contributed by atoms with Crippen molar-refractivity contribution in [2.24, 2.45) is 0 Å². The molecule has 0 radical (unpaired) electrons. The molecular formula is C18H12O2S2. The Hall–Kier alpha value is -2.17. The van der Waals surface area contributed by atoms with Crippen molar-refractivity contribution >= 4 is 33.6 Å². The molecule has 0 aliphatic heterocycles. The first-order valence-corrected chi connectivity index (χ1v) is 8.65. The Kier molecular flexibility index (Phi) is 3.21. The van der Waals surface area contributed by atoms with E-state index < -0.39 is 0 Å². The first-order valence-electron chi connectivity index (χ1n) is 6.89. The number of fused-ring (bicyclic) bond motifs is 1. The minimum atomic E-state index is -0.276. The lowest BCUT2D eigenvalue weighted by molar-refractivity contribution is 0.564. The Morgan fingerprint density at radius 2 is 1.59 bits per heavy atom. The summed E-state index contributed by atoms with van der Waals surface area (Å²) in [4.78, 5) is 14.6. The van der Waals surface area contributed by atoms with E-state index in [9.17, 15) is 4.79 Å². The number of hydrogen-bond donors (Lipinski definition) is 0. The second kappa shape index (κ2) is 5.23. The van der Waals surface area contributed by atoms with Crippen LogP contribution in [-0.4, -0.2) is 0 Å². The van der Waals surface area contributed by atoms with Gasteiger partial charge in [0, 0.05) is 20.7 Å². The van der Waals surface area contributed by atoms with E-state index in [1.807, 2.05) is 48.0 Å². The lowest BCUT2D eigenvalue weighted by Crippen LogP contribution is -2.04. The van der Waals surface area contributed by atoms with Crippen LogP contribution in [0.4, 0.5) is 0 Å². The van der Waals surface area contributed by atoms with Gasteiger partial charge in [-0.1, -0.05) is 23.8 Å². The van der Waals surface area contributed by atoms with Crippen molar-refractivity contribution in [2.75, 3.05) is 0 Å². The molecular weight excluding hydrogens is 312 g/mol. The first-order chi connectivity index (χ1) is 10.7. The minimum absolute atomic E-state index is 0.276. The Balaban J connectivity index is 2.21. The monoisotopic (exact) mass is 324 g/mol. The van der Waals surface area contributed by atoms with Gasteiger partial charge in [-0.3, -0.25) is 0 Å². The summed E-state index contributed by atoms with van der Waals surface area (Å²) in [5.41, 5.74) is 3.15. The summed E-state index contributed by atoms with van der Waals surface area (Å²) in [5, 5.41) is 5.00. The molecule has 4 rings (SSSR count). The van der Waals surface area contributed by atoms with Crippen molar-refractivity contribution in [1.82, 2.24) is 0 Å². The predicted molar refractivity (Wildman–Crippen MR) is 93.8 cm³/mol. The topological polar surface area (TPSA) is 30.2 Å². The van der Waals surface area contributed by atoms with Gasteiger partial charge in [0.1, 0.15) is 5.58 Å². The molecule has 0 amide bonds. The molecule has 0 spiro atoms. The highest BCUT2D eigenvalue weighted by Gasteiger charge is 2.19. The lowest BCUT2D eigenvalue weighted by Gasteiger charge is -2.09. The Bertz CT molecular complexity index is 994. The average molecular weight is 324 g/mol. The third kappa shape index (κ3) is 2.12. The smallest absolute Gasteiger partial charge is 0.345 e. The molecule has 0 N–H and O–H groups in total. The summed E-state index contributed by atoms with van der Waals surface area (Å²) in [5.74, 6) is 0. The number of thiophene rings is 2. The number of aryl methyl sites for hydroxylation is 1. The molecule has 108 valence electrons. The van der Waals surface area contributed by atoms with Crippen LogP contribution in [0.15, 0.2) is 62.4 Å². The highest BCUT2D eigenvalue weighted by atomic mass is 32.1. The van der Waals surface area contributed by atoms with E-state index in [1.54, 1.807) is 22.7 Å².